The Labute approximate surface area is 137 Å². The molecule has 0 saturated heterocycles. The lowest BCUT2D eigenvalue weighted by atomic mass is 9.87. The summed E-state index contributed by atoms with van der Waals surface area (Å²) in [4.78, 5) is 14.0. The van der Waals surface area contributed by atoms with Crippen molar-refractivity contribution in [2.75, 3.05) is 6.54 Å². The quantitative estimate of drug-likeness (QED) is 0.800. The molecule has 1 aliphatic carbocycles. The van der Waals surface area contributed by atoms with Crippen molar-refractivity contribution in [2.24, 2.45) is 0 Å². The molecule has 0 radical (unpaired) electrons. The van der Waals surface area contributed by atoms with E-state index in [9.17, 15) is 4.79 Å². The van der Waals surface area contributed by atoms with E-state index < -0.39 is 0 Å². The molecule has 4 heteroatoms. The van der Waals surface area contributed by atoms with Gasteiger partial charge in [0.15, 0.2) is 0 Å². The Kier molecular flexibility index (Phi) is 4.76. The second kappa shape index (κ2) is 6.75. The predicted molar refractivity (Wildman–Crippen MR) is 91.1 cm³/mol. The SMILES string of the molecule is O=C(NCC(Br)c1ccccc1)C1CCCc2sccc21. The van der Waals surface area contributed by atoms with Gasteiger partial charge in [-0.05, 0) is 41.8 Å². The first-order valence-corrected chi connectivity index (χ1v) is 9.08. The summed E-state index contributed by atoms with van der Waals surface area (Å²) in [5, 5.41) is 5.20. The Balaban J connectivity index is 1.61. The second-order valence-corrected chi connectivity index (χ2v) is 7.47. The number of hydrogen-bond donors (Lipinski definition) is 1. The van der Waals surface area contributed by atoms with E-state index in [-0.39, 0.29) is 16.7 Å². The molecule has 0 aliphatic heterocycles. The Morgan fingerprint density at radius 3 is 2.95 bits per heavy atom. The summed E-state index contributed by atoms with van der Waals surface area (Å²) in [6, 6.07) is 12.3. The highest BCUT2D eigenvalue weighted by atomic mass is 79.9. The number of carbonyl (C=O) groups is 1. The van der Waals surface area contributed by atoms with Gasteiger partial charge in [0, 0.05) is 11.4 Å². The van der Waals surface area contributed by atoms with Gasteiger partial charge < -0.3 is 5.32 Å². The van der Waals surface area contributed by atoms with Crippen LogP contribution in [0.5, 0.6) is 0 Å². The Morgan fingerprint density at radius 2 is 2.14 bits per heavy atom. The van der Waals surface area contributed by atoms with E-state index in [0.29, 0.717) is 6.54 Å². The summed E-state index contributed by atoms with van der Waals surface area (Å²) >= 11 is 5.43. The van der Waals surface area contributed by atoms with Crippen LogP contribution in [0.1, 0.15) is 39.6 Å². The zero-order valence-electron chi connectivity index (χ0n) is 11.7. The molecule has 0 bridgehead atoms. The van der Waals surface area contributed by atoms with Crippen LogP contribution >= 0.6 is 27.3 Å². The van der Waals surface area contributed by atoms with Crippen molar-refractivity contribution in [1.82, 2.24) is 5.32 Å². The highest BCUT2D eigenvalue weighted by Crippen LogP contribution is 2.35. The molecule has 1 aliphatic rings. The van der Waals surface area contributed by atoms with E-state index in [4.69, 9.17) is 0 Å². The maximum atomic E-state index is 12.5. The minimum Gasteiger partial charge on any atom is -0.354 e. The van der Waals surface area contributed by atoms with E-state index in [0.717, 1.165) is 19.3 Å². The third kappa shape index (κ3) is 3.38. The summed E-state index contributed by atoms with van der Waals surface area (Å²) in [6.45, 7) is 0.624. The molecular formula is C17H18BrNOS. The van der Waals surface area contributed by atoms with Crippen LogP contribution in [0.2, 0.25) is 0 Å². The molecule has 1 heterocycles. The number of nitrogens with one attached hydrogen (secondary N) is 1. The molecule has 2 aromatic rings. The van der Waals surface area contributed by atoms with Crippen LogP contribution in [0.25, 0.3) is 0 Å². The lowest BCUT2D eigenvalue weighted by Gasteiger charge is -2.22. The molecule has 1 N–H and O–H groups in total. The number of thiophene rings is 1. The molecule has 1 aromatic carbocycles. The van der Waals surface area contributed by atoms with Gasteiger partial charge in [0.1, 0.15) is 0 Å². The molecule has 1 amide bonds. The van der Waals surface area contributed by atoms with E-state index in [1.807, 2.05) is 18.2 Å². The number of hydrogen-bond acceptors (Lipinski definition) is 2. The van der Waals surface area contributed by atoms with Crippen molar-refractivity contribution in [3.8, 4) is 0 Å². The van der Waals surface area contributed by atoms with Crippen LogP contribution in [0.4, 0.5) is 0 Å². The molecule has 2 nitrogen and oxygen atoms in total. The highest BCUT2D eigenvalue weighted by Gasteiger charge is 2.27. The number of aryl methyl sites for hydroxylation is 1. The van der Waals surface area contributed by atoms with Crippen LogP contribution < -0.4 is 5.32 Å². The Morgan fingerprint density at radius 1 is 1.33 bits per heavy atom. The van der Waals surface area contributed by atoms with Gasteiger partial charge in [0.25, 0.3) is 0 Å². The van der Waals surface area contributed by atoms with Crippen molar-refractivity contribution in [1.29, 1.82) is 0 Å². The molecule has 2 unspecified atom stereocenters. The fourth-order valence-electron chi connectivity index (χ4n) is 2.85. The molecule has 0 saturated carbocycles. The first-order chi connectivity index (χ1) is 10.3. The van der Waals surface area contributed by atoms with Gasteiger partial charge in [-0.25, -0.2) is 0 Å². The van der Waals surface area contributed by atoms with Crippen molar-refractivity contribution in [2.45, 2.75) is 30.0 Å². The number of alkyl halides is 1. The van der Waals surface area contributed by atoms with Crippen LogP contribution in [-0.2, 0) is 11.2 Å². The summed E-state index contributed by atoms with van der Waals surface area (Å²) in [7, 11) is 0. The third-order valence-corrected chi connectivity index (χ3v) is 5.83. The normalized spacial score (nSPS) is 18.8. The van der Waals surface area contributed by atoms with Gasteiger partial charge >= 0.3 is 0 Å². The molecule has 3 rings (SSSR count). The van der Waals surface area contributed by atoms with Crippen LogP contribution in [-0.4, -0.2) is 12.5 Å². The van der Waals surface area contributed by atoms with Crippen LogP contribution in [0.3, 0.4) is 0 Å². The molecule has 2 atom stereocenters. The topological polar surface area (TPSA) is 29.1 Å². The van der Waals surface area contributed by atoms with E-state index in [1.165, 1.54) is 16.0 Å². The number of fused-ring (bicyclic) bond motifs is 1. The molecule has 0 spiro atoms. The molecule has 110 valence electrons. The highest BCUT2D eigenvalue weighted by molar-refractivity contribution is 9.09. The summed E-state index contributed by atoms with van der Waals surface area (Å²) in [5.74, 6) is 0.199. The van der Waals surface area contributed by atoms with Gasteiger partial charge in [0.05, 0.1) is 10.7 Å². The standard InChI is InChI=1S/C17H18BrNOS/c18-15(12-5-2-1-3-6-12)11-19-17(20)14-7-4-8-16-13(14)9-10-21-16/h1-3,5-6,9-10,14-15H,4,7-8,11H2,(H,19,20). The monoisotopic (exact) mass is 363 g/mol. The van der Waals surface area contributed by atoms with Gasteiger partial charge in [-0.15, -0.1) is 11.3 Å². The van der Waals surface area contributed by atoms with E-state index in [2.05, 4.69) is 44.8 Å². The van der Waals surface area contributed by atoms with Crippen molar-refractivity contribution in [3.05, 3.63) is 57.8 Å². The van der Waals surface area contributed by atoms with E-state index in [1.54, 1.807) is 11.3 Å². The zero-order valence-corrected chi connectivity index (χ0v) is 14.1. The minimum absolute atomic E-state index is 0.0375. The number of carbonyl (C=O) groups excluding carboxylic acids is 1. The van der Waals surface area contributed by atoms with Crippen LogP contribution in [0.15, 0.2) is 41.8 Å². The molecule has 21 heavy (non-hydrogen) atoms. The molecule has 0 fully saturated rings. The zero-order chi connectivity index (χ0) is 14.7. The smallest absolute Gasteiger partial charge is 0.227 e. The van der Waals surface area contributed by atoms with E-state index >= 15 is 0 Å². The Hall–Kier alpha value is -1.13. The average molecular weight is 364 g/mol. The van der Waals surface area contributed by atoms with Gasteiger partial charge in [-0.3, -0.25) is 4.79 Å². The minimum atomic E-state index is 0.0375. The predicted octanol–water partition coefficient (Wildman–Crippen LogP) is 4.42. The van der Waals surface area contributed by atoms with Gasteiger partial charge in [0.2, 0.25) is 5.91 Å². The lowest BCUT2D eigenvalue weighted by molar-refractivity contribution is -0.122. The first-order valence-electron chi connectivity index (χ1n) is 7.28. The Bertz CT molecular complexity index is 610. The fraction of sp³-hybridized carbons (Fsp3) is 0.353. The number of rotatable bonds is 4. The summed E-state index contributed by atoms with van der Waals surface area (Å²) in [6.07, 6.45) is 3.21. The average Bonchev–Trinajstić information content (AvgIpc) is 3.01. The van der Waals surface area contributed by atoms with Crippen molar-refractivity contribution >= 4 is 33.2 Å². The summed E-state index contributed by atoms with van der Waals surface area (Å²) in [5.41, 5.74) is 2.44. The van der Waals surface area contributed by atoms with Gasteiger partial charge in [-0.2, -0.15) is 0 Å². The lowest BCUT2D eigenvalue weighted by Crippen LogP contribution is -2.33. The molecule has 1 aromatic heterocycles. The number of halogens is 1. The van der Waals surface area contributed by atoms with Crippen molar-refractivity contribution in [3.63, 3.8) is 0 Å². The van der Waals surface area contributed by atoms with Gasteiger partial charge in [-0.1, -0.05) is 46.3 Å². The maximum absolute atomic E-state index is 12.5. The number of amides is 1. The second-order valence-electron chi connectivity index (χ2n) is 5.37. The maximum Gasteiger partial charge on any atom is 0.227 e. The van der Waals surface area contributed by atoms with Crippen LogP contribution in [0, 0.1) is 0 Å². The molecular weight excluding hydrogens is 346 g/mol. The summed E-state index contributed by atoms with van der Waals surface area (Å²) < 4.78 is 0. The third-order valence-electron chi connectivity index (χ3n) is 3.99. The number of benzene rings is 1. The fourth-order valence-corrected chi connectivity index (χ4v) is 4.31. The largest absolute Gasteiger partial charge is 0.354 e. The van der Waals surface area contributed by atoms with Crippen molar-refractivity contribution < 1.29 is 4.79 Å². The first kappa shape index (κ1) is 14.8.